The molecule has 20 heavy (non-hydrogen) atoms. The summed E-state index contributed by atoms with van der Waals surface area (Å²) in [5.74, 6) is 0. The number of benzene rings is 1. The number of halogens is 1. The van der Waals surface area contributed by atoms with Gasteiger partial charge in [0.05, 0.1) is 0 Å². The van der Waals surface area contributed by atoms with E-state index in [0.29, 0.717) is 11.0 Å². The summed E-state index contributed by atoms with van der Waals surface area (Å²) in [6.45, 7) is 5.70. The third-order valence-corrected chi connectivity index (χ3v) is 4.34. The van der Waals surface area contributed by atoms with Crippen LogP contribution >= 0.6 is 28.1 Å². The molecule has 1 unspecified atom stereocenters. The van der Waals surface area contributed by atoms with Crippen molar-refractivity contribution in [3.63, 3.8) is 0 Å². The van der Waals surface area contributed by atoms with E-state index in [1.54, 1.807) is 0 Å². The molecule has 0 bridgehead atoms. The van der Waals surface area contributed by atoms with Crippen molar-refractivity contribution in [1.29, 1.82) is 0 Å². The highest BCUT2D eigenvalue weighted by molar-refractivity contribution is 9.10. The van der Waals surface area contributed by atoms with Crippen LogP contribution in [0.3, 0.4) is 0 Å². The van der Waals surface area contributed by atoms with Gasteiger partial charge in [0.25, 0.3) is 0 Å². The molecule has 1 aromatic rings. The summed E-state index contributed by atoms with van der Waals surface area (Å²) in [5, 5.41) is 3.54. The van der Waals surface area contributed by atoms with Gasteiger partial charge < -0.3 is 16.0 Å². The second kappa shape index (κ2) is 7.38. The summed E-state index contributed by atoms with van der Waals surface area (Å²) < 4.78 is 0.995. The van der Waals surface area contributed by atoms with Gasteiger partial charge in [0.1, 0.15) is 4.99 Å². The molecule has 5 heteroatoms. The molecule has 1 atom stereocenters. The predicted molar refractivity (Wildman–Crippen MR) is 93.4 cm³/mol. The molecular formula is C15H22BrN3S. The quantitative estimate of drug-likeness (QED) is 0.794. The number of nitrogens with one attached hydrogen (secondary N) is 1. The van der Waals surface area contributed by atoms with Gasteiger partial charge in [-0.15, -0.1) is 0 Å². The van der Waals surface area contributed by atoms with Crippen LogP contribution < -0.4 is 11.1 Å². The molecular weight excluding hydrogens is 334 g/mol. The molecule has 0 radical (unpaired) electrons. The Balaban J connectivity index is 1.99. The molecule has 110 valence electrons. The first kappa shape index (κ1) is 15.7. The number of piperidine rings is 1. The summed E-state index contributed by atoms with van der Waals surface area (Å²) >= 11 is 8.59. The molecule has 3 nitrogen and oxygen atoms in total. The van der Waals surface area contributed by atoms with Crippen LogP contribution in [0, 0.1) is 0 Å². The van der Waals surface area contributed by atoms with Gasteiger partial charge in [0.2, 0.25) is 0 Å². The Labute approximate surface area is 135 Å². The van der Waals surface area contributed by atoms with Gasteiger partial charge in [-0.25, -0.2) is 0 Å². The smallest absolute Gasteiger partial charge is 0.106 e. The summed E-state index contributed by atoms with van der Waals surface area (Å²) in [4.78, 5) is 2.96. The van der Waals surface area contributed by atoms with Crippen LogP contribution in [0.15, 0.2) is 22.7 Å². The molecule has 1 aliphatic rings. The zero-order chi connectivity index (χ0) is 14.5. The van der Waals surface area contributed by atoms with Crippen LogP contribution in [-0.4, -0.2) is 35.6 Å². The second-order valence-electron chi connectivity index (χ2n) is 5.46. The van der Waals surface area contributed by atoms with Crippen molar-refractivity contribution in [2.24, 2.45) is 5.73 Å². The van der Waals surface area contributed by atoms with E-state index in [4.69, 9.17) is 18.0 Å². The molecule has 1 aliphatic heterocycles. The maximum absolute atomic E-state index is 5.80. The van der Waals surface area contributed by atoms with Crippen LogP contribution in [0.5, 0.6) is 0 Å². The summed E-state index contributed by atoms with van der Waals surface area (Å²) in [6.07, 6.45) is 4.02. The standard InChI is InChI=1S/C15H22BrN3S/c1-11(10-19-7-3-2-4-8-19)18-14-6-5-12(16)9-13(14)15(17)20/h5-6,9,11,18H,2-4,7-8,10H2,1H3,(H2,17,20). The maximum Gasteiger partial charge on any atom is 0.106 e. The van der Waals surface area contributed by atoms with Crippen molar-refractivity contribution in [3.05, 3.63) is 28.2 Å². The highest BCUT2D eigenvalue weighted by Crippen LogP contribution is 2.22. The van der Waals surface area contributed by atoms with Crippen molar-refractivity contribution in [2.75, 3.05) is 25.0 Å². The number of likely N-dealkylation sites (tertiary alicyclic amines) is 1. The fourth-order valence-electron chi connectivity index (χ4n) is 2.69. The number of hydrogen-bond acceptors (Lipinski definition) is 3. The number of anilines is 1. The van der Waals surface area contributed by atoms with Gasteiger partial charge >= 0.3 is 0 Å². The Morgan fingerprint density at radius 2 is 2.10 bits per heavy atom. The van der Waals surface area contributed by atoms with Crippen molar-refractivity contribution < 1.29 is 0 Å². The monoisotopic (exact) mass is 355 g/mol. The fraction of sp³-hybridized carbons (Fsp3) is 0.533. The van der Waals surface area contributed by atoms with Gasteiger partial charge in [0, 0.05) is 28.3 Å². The van der Waals surface area contributed by atoms with Crippen molar-refractivity contribution in [2.45, 2.75) is 32.2 Å². The summed E-state index contributed by atoms with van der Waals surface area (Å²) in [7, 11) is 0. The van der Waals surface area contributed by atoms with Crippen LogP contribution in [0.2, 0.25) is 0 Å². The minimum atomic E-state index is 0.377. The molecule has 3 N–H and O–H groups in total. The molecule has 0 aliphatic carbocycles. The average molecular weight is 356 g/mol. The minimum Gasteiger partial charge on any atom is -0.389 e. The zero-order valence-corrected chi connectivity index (χ0v) is 14.3. The Morgan fingerprint density at radius 3 is 2.75 bits per heavy atom. The third kappa shape index (κ3) is 4.43. The third-order valence-electron chi connectivity index (χ3n) is 3.63. The lowest BCUT2D eigenvalue weighted by atomic mass is 10.1. The van der Waals surface area contributed by atoms with E-state index in [2.05, 4.69) is 33.1 Å². The lowest BCUT2D eigenvalue weighted by Gasteiger charge is -2.30. The van der Waals surface area contributed by atoms with E-state index in [-0.39, 0.29) is 0 Å². The Hall–Kier alpha value is -0.650. The lowest BCUT2D eigenvalue weighted by Crippen LogP contribution is -2.38. The van der Waals surface area contributed by atoms with E-state index >= 15 is 0 Å². The van der Waals surface area contributed by atoms with E-state index in [1.165, 1.54) is 32.4 Å². The zero-order valence-electron chi connectivity index (χ0n) is 11.9. The van der Waals surface area contributed by atoms with Gasteiger partial charge in [-0.1, -0.05) is 34.6 Å². The van der Waals surface area contributed by atoms with Crippen LogP contribution in [0.25, 0.3) is 0 Å². The van der Waals surface area contributed by atoms with Crippen LogP contribution in [0.4, 0.5) is 5.69 Å². The molecule has 1 saturated heterocycles. The maximum atomic E-state index is 5.80. The van der Waals surface area contributed by atoms with E-state index in [0.717, 1.165) is 22.3 Å². The number of nitrogens with zero attached hydrogens (tertiary/aromatic N) is 1. The number of nitrogens with two attached hydrogens (primary N) is 1. The van der Waals surface area contributed by atoms with Crippen molar-refractivity contribution >= 4 is 38.8 Å². The fourth-order valence-corrected chi connectivity index (χ4v) is 3.22. The SMILES string of the molecule is CC(CN1CCCCC1)Nc1ccc(Br)cc1C(N)=S. The minimum absolute atomic E-state index is 0.377. The van der Waals surface area contributed by atoms with Gasteiger partial charge in [0.15, 0.2) is 0 Å². The van der Waals surface area contributed by atoms with E-state index in [9.17, 15) is 0 Å². The number of rotatable bonds is 5. The molecule has 0 aromatic heterocycles. The molecule has 2 rings (SSSR count). The molecule has 1 heterocycles. The molecule has 1 aromatic carbocycles. The molecule has 1 fully saturated rings. The molecule has 0 spiro atoms. The Kier molecular flexibility index (Phi) is 5.81. The molecule has 0 saturated carbocycles. The van der Waals surface area contributed by atoms with E-state index in [1.807, 2.05) is 18.2 Å². The van der Waals surface area contributed by atoms with Gasteiger partial charge in [-0.2, -0.15) is 0 Å². The first-order valence-electron chi connectivity index (χ1n) is 7.14. The number of hydrogen-bond donors (Lipinski definition) is 2. The normalized spacial score (nSPS) is 17.7. The average Bonchev–Trinajstić information content (AvgIpc) is 2.41. The largest absolute Gasteiger partial charge is 0.389 e. The van der Waals surface area contributed by atoms with Gasteiger partial charge in [-0.05, 0) is 51.1 Å². The predicted octanol–water partition coefficient (Wildman–Crippen LogP) is 3.37. The highest BCUT2D eigenvalue weighted by Gasteiger charge is 2.14. The highest BCUT2D eigenvalue weighted by atomic mass is 79.9. The Morgan fingerprint density at radius 1 is 1.40 bits per heavy atom. The van der Waals surface area contributed by atoms with Crippen LogP contribution in [0.1, 0.15) is 31.7 Å². The first-order valence-corrected chi connectivity index (χ1v) is 8.34. The van der Waals surface area contributed by atoms with Gasteiger partial charge in [-0.3, -0.25) is 0 Å². The lowest BCUT2D eigenvalue weighted by molar-refractivity contribution is 0.223. The van der Waals surface area contributed by atoms with Crippen molar-refractivity contribution in [3.8, 4) is 0 Å². The second-order valence-corrected chi connectivity index (χ2v) is 6.82. The van der Waals surface area contributed by atoms with Crippen molar-refractivity contribution in [1.82, 2.24) is 4.90 Å². The van der Waals surface area contributed by atoms with E-state index < -0.39 is 0 Å². The summed E-state index contributed by atoms with van der Waals surface area (Å²) in [5.41, 5.74) is 7.72. The topological polar surface area (TPSA) is 41.3 Å². The Bertz CT molecular complexity index is 472. The molecule has 0 amide bonds. The van der Waals surface area contributed by atoms with Crippen LogP contribution in [-0.2, 0) is 0 Å². The number of thiocarbonyl (C=S) groups is 1. The summed E-state index contributed by atoms with van der Waals surface area (Å²) in [6, 6.07) is 6.39. The first-order chi connectivity index (χ1) is 9.56.